The van der Waals surface area contributed by atoms with Crippen LogP contribution in [0.15, 0.2) is 18.2 Å². The van der Waals surface area contributed by atoms with Gasteiger partial charge in [-0.3, -0.25) is 0 Å². The molecule has 0 aliphatic heterocycles. The van der Waals surface area contributed by atoms with Gasteiger partial charge in [0.1, 0.15) is 5.75 Å². The molecule has 0 unspecified atom stereocenters. The van der Waals surface area contributed by atoms with Gasteiger partial charge in [-0.15, -0.1) is 11.3 Å². The van der Waals surface area contributed by atoms with Gasteiger partial charge in [-0.05, 0) is 70.3 Å². The van der Waals surface area contributed by atoms with Crippen LogP contribution >= 0.6 is 56.5 Å². The molecular weight excluding hydrogens is 422 g/mol. The zero-order chi connectivity index (χ0) is 10.1. The zero-order valence-corrected chi connectivity index (χ0v) is 12.6. The number of halogens is 2. The summed E-state index contributed by atoms with van der Waals surface area (Å²) in [6, 6.07) is 6.38. The van der Waals surface area contributed by atoms with Crippen molar-refractivity contribution in [1.82, 2.24) is 0 Å². The molecule has 0 radical (unpaired) electrons. The molecule has 1 aromatic heterocycles. The summed E-state index contributed by atoms with van der Waals surface area (Å²) in [7, 11) is 0. The fraction of sp³-hybridized carbons (Fsp3) is 0.200. The average molecular weight is 430 g/mol. The number of ether oxygens (including phenoxy) is 1. The molecule has 1 heterocycles. The molecule has 2 aromatic rings. The van der Waals surface area contributed by atoms with Gasteiger partial charge >= 0.3 is 0 Å². The largest absolute Gasteiger partial charge is 0.492 e. The highest BCUT2D eigenvalue weighted by Crippen LogP contribution is 2.36. The lowest BCUT2D eigenvalue weighted by atomic mass is 10.2. The predicted octanol–water partition coefficient (Wildman–Crippen LogP) is 4.51. The van der Waals surface area contributed by atoms with Gasteiger partial charge in [-0.1, -0.05) is 0 Å². The van der Waals surface area contributed by atoms with Crippen LogP contribution in [0.25, 0.3) is 10.1 Å². The van der Waals surface area contributed by atoms with Crippen LogP contribution in [0, 0.1) is 6.45 Å². The van der Waals surface area contributed by atoms with Gasteiger partial charge in [0.15, 0.2) is 0 Å². The first kappa shape index (κ1) is 10.9. The van der Waals surface area contributed by atoms with Crippen molar-refractivity contribution >= 4 is 66.6 Å². The maximum Gasteiger partial charge on any atom is 0.137 e. The Kier molecular flexibility index (Phi) is 3.54. The summed E-state index contributed by atoms with van der Waals surface area (Å²) in [5.41, 5.74) is 0. The van der Waals surface area contributed by atoms with E-state index in [0.717, 1.165) is 12.4 Å². The van der Waals surface area contributed by atoms with E-state index in [1.54, 1.807) is 11.3 Å². The summed E-state index contributed by atoms with van der Waals surface area (Å²) in [4.78, 5) is 0. The first-order valence-electron chi connectivity index (χ1n) is 4.22. The first-order chi connectivity index (χ1) is 6.72. The normalized spacial score (nSPS) is 10.8. The van der Waals surface area contributed by atoms with Gasteiger partial charge in [0, 0.05) is 8.96 Å². The molecule has 0 saturated carbocycles. The van der Waals surface area contributed by atoms with Gasteiger partial charge in [0.25, 0.3) is 0 Å². The van der Waals surface area contributed by atoms with Gasteiger partial charge < -0.3 is 4.74 Å². The van der Waals surface area contributed by atoms with E-state index in [1.165, 1.54) is 16.5 Å². The molecule has 0 aliphatic carbocycles. The molecule has 1 nitrogen and oxygen atoms in total. The van der Waals surface area contributed by atoms with E-state index in [2.05, 4.69) is 63.4 Å². The highest BCUT2D eigenvalue weighted by Gasteiger charge is 2.08. The van der Waals surface area contributed by atoms with Crippen LogP contribution in [0.1, 0.15) is 6.92 Å². The maximum absolute atomic E-state index is 5.59. The fourth-order valence-electron chi connectivity index (χ4n) is 1.30. The second-order valence-corrected chi connectivity index (χ2v) is 6.88. The SMILES string of the molecule is CCOc1ccc(I)c2cc(I)sc12. The Hall–Kier alpha value is 0.440. The van der Waals surface area contributed by atoms with E-state index in [1.807, 2.05) is 6.92 Å². The molecule has 4 heteroatoms. The van der Waals surface area contributed by atoms with Crippen molar-refractivity contribution in [3.05, 3.63) is 24.7 Å². The monoisotopic (exact) mass is 430 g/mol. The van der Waals surface area contributed by atoms with Crippen LogP contribution < -0.4 is 4.74 Å². The second-order valence-electron chi connectivity index (χ2n) is 2.77. The smallest absolute Gasteiger partial charge is 0.137 e. The minimum Gasteiger partial charge on any atom is -0.492 e. The van der Waals surface area contributed by atoms with E-state index in [0.29, 0.717) is 0 Å². The lowest BCUT2D eigenvalue weighted by molar-refractivity contribution is 0.345. The summed E-state index contributed by atoms with van der Waals surface area (Å²) >= 11 is 6.51. The Bertz CT molecular complexity index is 464. The van der Waals surface area contributed by atoms with E-state index >= 15 is 0 Å². The summed E-state index contributed by atoms with van der Waals surface area (Å²) in [6.45, 7) is 2.74. The number of hydrogen-bond donors (Lipinski definition) is 0. The molecule has 14 heavy (non-hydrogen) atoms. The van der Waals surface area contributed by atoms with Crippen molar-refractivity contribution in [2.24, 2.45) is 0 Å². The highest BCUT2D eigenvalue weighted by molar-refractivity contribution is 14.1. The summed E-state index contributed by atoms with van der Waals surface area (Å²) in [5.74, 6) is 1.01. The Morgan fingerprint density at radius 1 is 1.36 bits per heavy atom. The standard InChI is InChI=1S/C10H8I2OS/c1-2-13-8-4-3-7(11)6-5-9(12)14-10(6)8/h3-5H,2H2,1H3. The molecule has 0 saturated heterocycles. The molecule has 1 aromatic carbocycles. The van der Waals surface area contributed by atoms with Gasteiger partial charge in [0.2, 0.25) is 0 Å². The molecule has 2 rings (SSSR count). The molecular formula is C10H8I2OS. The number of benzene rings is 1. The second kappa shape index (κ2) is 4.52. The first-order valence-corrected chi connectivity index (χ1v) is 7.20. The van der Waals surface area contributed by atoms with Crippen LogP contribution in [0.5, 0.6) is 5.75 Å². The molecule has 74 valence electrons. The van der Waals surface area contributed by atoms with Crippen molar-refractivity contribution in [1.29, 1.82) is 0 Å². The molecule has 0 fully saturated rings. The van der Waals surface area contributed by atoms with Crippen LogP contribution in [0.3, 0.4) is 0 Å². The molecule has 0 amide bonds. The van der Waals surface area contributed by atoms with Crippen molar-refractivity contribution < 1.29 is 4.74 Å². The number of thiophene rings is 1. The molecule has 0 bridgehead atoms. The minimum atomic E-state index is 0.726. The Morgan fingerprint density at radius 3 is 2.86 bits per heavy atom. The third-order valence-corrected chi connectivity index (χ3v) is 4.71. The van der Waals surface area contributed by atoms with Crippen molar-refractivity contribution in [3.8, 4) is 5.75 Å². The number of fused-ring (bicyclic) bond motifs is 1. The molecule has 0 spiro atoms. The lowest BCUT2D eigenvalue weighted by Crippen LogP contribution is -1.91. The Balaban J connectivity index is 2.68. The van der Waals surface area contributed by atoms with Crippen molar-refractivity contribution in [2.45, 2.75) is 6.92 Å². The van der Waals surface area contributed by atoms with Gasteiger partial charge in [0.05, 0.1) is 14.2 Å². The van der Waals surface area contributed by atoms with E-state index < -0.39 is 0 Å². The molecule has 0 aliphatic rings. The van der Waals surface area contributed by atoms with Crippen LogP contribution in [0.2, 0.25) is 0 Å². The maximum atomic E-state index is 5.59. The lowest BCUT2D eigenvalue weighted by Gasteiger charge is -2.04. The average Bonchev–Trinajstić information content (AvgIpc) is 2.53. The van der Waals surface area contributed by atoms with Crippen molar-refractivity contribution in [2.75, 3.05) is 6.61 Å². The minimum absolute atomic E-state index is 0.726. The Morgan fingerprint density at radius 2 is 2.14 bits per heavy atom. The summed E-state index contributed by atoms with van der Waals surface area (Å²) in [5, 5.41) is 1.31. The summed E-state index contributed by atoms with van der Waals surface area (Å²) < 4.78 is 9.46. The van der Waals surface area contributed by atoms with E-state index in [9.17, 15) is 0 Å². The third kappa shape index (κ3) is 2.01. The Labute approximate surface area is 114 Å². The van der Waals surface area contributed by atoms with Crippen LogP contribution in [-0.2, 0) is 0 Å². The van der Waals surface area contributed by atoms with E-state index in [-0.39, 0.29) is 0 Å². The van der Waals surface area contributed by atoms with Crippen molar-refractivity contribution in [3.63, 3.8) is 0 Å². The van der Waals surface area contributed by atoms with Gasteiger partial charge in [-0.2, -0.15) is 0 Å². The fourth-order valence-corrected chi connectivity index (χ4v) is 3.94. The quantitative estimate of drug-likeness (QED) is 0.638. The van der Waals surface area contributed by atoms with Gasteiger partial charge in [-0.25, -0.2) is 0 Å². The molecule has 0 atom stereocenters. The van der Waals surface area contributed by atoms with E-state index in [4.69, 9.17) is 4.74 Å². The highest BCUT2D eigenvalue weighted by atomic mass is 127. The zero-order valence-electron chi connectivity index (χ0n) is 7.51. The third-order valence-electron chi connectivity index (χ3n) is 1.86. The predicted molar refractivity (Wildman–Crippen MR) is 78.4 cm³/mol. The molecule has 0 N–H and O–H groups in total. The number of rotatable bonds is 2. The number of hydrogen-bond acceptors (Lipinski definition) is 2. The van der Waals surface area contributed by atoms with Crippen LogP contribution in [-0.4, -0.2) is 6.61 Å². The summed E-state index contributed by atoms with van der Waals surface area (Å²) in [6.07, 6.45) is 0. The van der Waals surface area contributed by atoms with Crippen LogP contribution in [0.4, 0.5) is 0 Å². The topological polar surface area (TPSA) is 9.23 Å².